The van der Waals surface area contributed by atoms with Crippen molar-refractivity contribution in [2.75, 3.05) is 0 Å². The minimum atomic E-state index is -0.325. The van der Waals surface area contributed by atoms with Crippen molar-refractivity contribution >= 4 is 5.97 Å². The summed E-state index contributed by atoms with van der Waals surface area (Å²) < 4.78 is 5.71. The van der Waals surface area contributed by atoms with Crippen molar-refractivity contribution in [3.05, 3.63) is 107 Å². The third-order valence-corrected chi connectivity index (χ3v) is 5.69. The first-order valence-corrected chi connectivity index (χ1v) is 10.2. The summed E-state index contributed by atoms with van der Waals surface area (Å²) in [6.07, 6.45) is 0.609. The molecule has 0 bridgehead atoms. The van der Waals surface area contributed by atoms with E-state index < -0.39 is 0 Å². The van der Waals surface area contributed by atoms with Crippen molar-refractivity contribution in [3.63, 3.8) is 0 Å². The molecule has 4 nitrogen and oxygen atoms in total. The molecule has 0 saturated carbocycles. The van der Waals surface area contributed by atoms with Gasteiger partial charge in [0.2, 0.25) is 5.88 Å². The number of aromatic amines is 1. The molecule has 0 radical (unpaired) electrons. The molecule has 0 unspecified atom stereocenters. The van der Waals surface area contributed by atoms with E-state index in [-0.39, 0.29) is 17.8 Å². The number of rotatable bonds is 4. The zero-order valence-corrected chi connectivity index (χ0v) is 16.7. The van der Waals surface area contributed by atoms with Crippen LogP contribution in [0.15, 0.2) is 84.9 Å². The Morgan fingerprint density at radius 2 is 1.57 bits per heavy atom. The molecule has 4 aromatic rings. The zero-order chi connectivity index (χ0) is 20.5. The molecule has 30 heavy (non-hydrogen) atoms. The summed E-state index contributed by atoms with van der Waals surface area (Å²) in [7, 11) is 0. The molecular formula is C26H22N2O2. The number of benzene rings is 3. The Morgan fingerprint density at radius 3 is 2.27 bits per heavy atom. The minimum Gasteiger partial charge on any atom is -0.405 e. The number of ether oxygens (including phenoxy) is 1. The molecule has 1 aliphatic rings. The lowest BCUT2D eigenvalue weighted by atomic mass is 9.79. The molecule has 0 spiro atoms. The van der Waals surface area contributed by atoms with Crippen molar-refractivity contribution in [2.24, 2.45) is 5.92 Å². The van der Waals surface area contributed by atoms with Gasteiger partial charge in [0.1, 0.15) is 5.82 Å². The molecule has 2 heterocycles. The fourth-order valence-corrected chi connectivity index (χ4v) is 4.14. The summed E-state index contributed by atoms with van der Waals surface area (Å²) in [6, 6.07) is 28.4. The van der Waals surface area contributed by atoms with Gasteiger partial charge in [0.25, 0.3) is 0 Å². The predicted octanol–water partition coefficient (Wildman–Crippen LogP) is 5.29. The smallest absolute Gasteiger partial charge is 0.317 e. The van der Waals surface area contributed by atoms with Gasteiger partial charge in [-0.2, -0.15) is 4.98 Å². The van der Waals surface area contributed by atoms with E-state index in [0.29, 0.717) is 18.1 Å². The predicted molar refractivity (Wildman–Crippen MR) is 116 cm³/mol. The lowest BCUT2D eigenvalue weighted by Crippen LogP contribution is -2.34. The monoisotopic (exact) mass is 394 g/mol. The zero-order valence-electron chi connectivity index (χ0n) is 16.7. The molecule has 0 aliphatic carbocycles. The van der Waals surface area contributed by atoms with Gasteiger partial charge in [0, 0.05) is 11.5 Å². The maximum atomic E-state index is 13.1. The van der Waals surface area contributed by atoms with E-state index >= 15 is 0 Å². The highest BCUT2D eigenvalue weighted by Crippen LogP contribution is 2.43. The van der Waals surface area contributed by atoms with Gasteiger partial charge in [-0.3, -0.25) is 4.79 Å². The number of H-pyrrole nitrogens is 1. The van der Waals surface area contributed by atoms with Crippen molar-refractivity contribution in [2.45, 2.75) is 19.3 Å². The Hall–Kier alpha value is -3.66. The largest absolute Gasteiger partial charge is 0.405 e. The van der Waals surface area contributed by atoms with E-state index in [1.54, 1.807) is 0 Å². The van der Waals surface area contributed by atoms with Gasteiger partial charge in [-0.1, -0.05) is 90.5 Å². The van der Waals surface area contributed by atoms with Crippen LogP contribution in [0.25, 0.3) is 11.4 Å². The molecule has 1 aliphatic heterocycles. The van der Waals surface area contributed by atoms with Crippen LogP contribution in [-0.4, -0.2) is 15.9 Å². The summed E-state index contributed by atoms with van der Waals surface area (Å²) in [5.74, 6) is 0.396. The lowest BCUT2D eigenvalue weighted by Gasteiger charge is -2.29. The Labute approximate surface area is 175 Å². The molecule has 1 aromatic heterocycles. The highest BCUT2D eigenvalue weighted by molar-refractivity contribution is 5.80. The maximum absolute atomic E-state index is 13.1. The van der Waals surface area contributed by atoms with Crippen LogP contribution in [0.1, 0.15) is 28.3 Å². The van der Waals surface area contributed by atoms with E-state index in [4.69, 9.17) is 4.74 Å². The first kappa shape index (κ1) is 18.4. The summed E-state index contributed by atoms with van der Waals surface area (Å²) in [6.45, 7) is 2.05. The van der Waals surface area contributed by atoms with Crippen LogP contribution >= 0.6 is 0 Å². The van der Waals surface area contributed by atoms with Crippen molar-refractivity contribution in [1.29, 1.82) is 0 Å². The standard InChI is InChI=1S/C26H22N2O2/c1-17-12-14-20(15-13-17)24-27-23-22(19-10-6-3-7-11-19)21(26(29)30-25(23)28-24)16-18-8-4-2-5-9-18/h2-15,21-22H,16H2,1H3,(H,27,28)/t21-,22+/m0/s1. The Kier molecular flexibility index (Phi) is 4.68. The first-order valence-electron chi connectivity index (χ1n) is 10.2. The van der Waals surface area contributed by atoms with E-state index in [1.807, 2.05) is 48.5 Å². The third-order valence-electron chi connectivity index (χ3n) is 5.69. The topological polar surface area (TPSA) is 55.0 Å². The van der Waals surface area contributed by atoms with E-state index in [1.165, 1.54) is 5.56 Å². The number of carbonyl (C=O) groups is 1. The van der Waals surface area contributed by atoms with Crippen LogP contribution in [0.4, 0.5) is 0 Å². The summed E-state index contributed by atoms with van der Waals surface area (Å²) in [5, 5.41) is 0. The number of nitrogens with one attached hydrogen (secondary N) is 1. The lowest BCUT2D eigenvalue weighted by molar-refractivity contribution is -0.141. The second-order valence-electron chi connectivity index (χ2n) is 7.78. The van der Waals surface area contributed by atoms with Crippen LogP contribution in [0, 0.1) is 12.8 Å². The van der Waals surface area contributed by atoms with Gasteiger partial charge in [-0.25, -0.2) is 0 Å². The number of fused-ring (bicyclic) bond motifs is 1. The molecule has 2 atom stereocenters. The SMILES string of the molecule is Cc1ccc(-c2nc3c([nH]2)[C@H](c2ccccc2)[C@H](Cc2ccccc2)C(=O)O3)cc1. The average Bonchev–Trinajstić information content (AvgIpc) is 3.19. The molecular weight excluding hydrogens is 372 g/mol. The second-order valence-corrected chi connectivity index (χ2v) is 7.78. The molecule has 0 fully saturated rings. The number of aromatic nitrogens is 2. The number of aryl methyl sites for hydroxylation is 1. The van der Waals surface area contributed by atoms with Crippen LogP contribution < -0.4 is 4.74 Å². The van der Waals surface area contributed by atoms with Gasteiger partial charge in [0.05, 0.1) is 11.6 Å². The molecule has 3 aromatic carbocycles. The highest BCUT2D eigenvalue weighted by atomic mass is 16.5. The van der Waals surface area contributed by atoms with Crippen molar-refractivity contribution in [3.8, 4) is 17.3 Å². The van der Waals surface area contributed by atoms with E-state index in [2.05, 4.69) is 53.3 Å². The van der Waals surface area contributed by atoms with Gasteiger partial charge < -0.3 is 9.72 Å². The van der Waals surface area contributed by atoms with E-state index in [9.17, 15) is 4.79 Å². The number of hydrogen-bond donors (Lipinski definition) is 1. The van der Waals surface area contributed by atoms with Crippen LogP contribution in [-0.2, 0) is 11.2 Å². The Bertz CT molecular complexity index is 1160. The average molecular weight is 394 g/mol. The Morgan fingerprint density at radius 1 is 0.900 bits per heavy atom. The highest BCUT2D eigenvalue weighted by Gasteiger charge is 2.41. The quantitative estimate of drug-likeness (QED) is 0.478. The minimum absolute atomic E-state index is 0.144. The van der Waals surface area contributed by atoms with Gasteiger partial charge in [0.15, 0.2) is 0 Å². The van der Waals surface area contributed by atoms with E-state index in [0.717, 1.165) is 22.4 Å². The summed E-state index contributed by atoms with van der Waals surface area (Å²) in [4.78, 5) is 21.1. The van der Waals surface area contributed by atoms with Gasteiger partial charge in [-0.15, -0.1) is 0 Å². The fraction of sp³-hybridized carbons (Fsp3) is 0.154. The van der Waals surface area contributed by atoms with Gasteiger partial charge in [-0.05, 0) is 24.5 Å². The molecule has 148 valence electrons. The summed E-state index contributed by atoms with van der Waals surface area (Å²) in [5.41, 5.74) is 5.21. The maximum Gasteiger partial charge on any atom is 0.317 e. The Balaban J connectivity index is 1.60. The van der Waals surface area contributed by atoms with Crippen LogP contribution in [0.5, 0.6) is 5.88 Å². The third kappa shape index (κ3) is 3.41. The number of nitrogens with zero attached hydrogens (tertiary/aromatic N) is 1. The molecule has 0 amide bonds. The first-order chi connectivity index (χ1) is 14.7. The number of carbonyl (C=O) groups excluding carboxylic acids is 1. The molecule has 1 N–H and O–H groups in total. The fourth-order valence-electron chi connectivity index (χ4n) is 4.14. The second kappa shape index (κ2) is 7.64. The van der Waals surface area contributed by atoms with Crippen LogP contribution in [0.3, 0.4) is 0 Å². The number of imidazole rings is 1. The van der Waals surface area contributed by atoms with Crippen molar-refractivity contribution in [1.82, 2.24) is 9.97 Å². The normalized spacial score (nSPS) is 18.0. The molecule has 0 saturated heterocycles. The number of hydrogen-bond acceptors (Lipinski definition) is 3. The summed E-state index contributed by atoms with van der Waals surface area (Å²) >= 11 is 0. The van der Waals surface area contributed by atoms with Crippen LogP contribution in [0.2, 0.25) is 0 Å². The molecule has 5 rings (SSSR count). The molecule has 4 heteroatoms. The van der Waals surface area contributed by atoms with Crippen molar-refractivity contribution < 1.29 is 9.53 Å². The van der Waals surface area contributed by atoms with Gasteiger partial charge >= 0.3 is 5.97 Å². The number of esters is 1.